The molecule has 0 amide bonds. The van der Waals surface area contributed by atoms with E-state index in [9.17, 15) is 12.6 Å². The van der Waals surface area contributed by atoms with Gasteiger partial charge in [0.2, 0.25) is 0 Å². The van der Waals surface area contributed by atoms with E-state index in [4.69, 9.17) is 5.73 Å². The number of hydrogen-bond acceptors (Lipinski definition) is 4. The van der Waals surface area contributed by atoms with Gasteiger partial charge in [0.05, 0.1) is 5.75 Å². The normalized spacial score (nSPS) is 15.4. The Hall–Kier alpha value is -0.720. The van der Waals surface area contributed by atoms with Gasteiger partial charge in [-0.05, 0) is 5.56 Å². The lowest BCUT2D eigenvalue weighted by Crippen LogP contribution is -2.22. The fourth-order valence-corrected chi connectivity index (χ4v) is 4.04. The molecule has 0 fully saturated rings. The summed E-state index contributed by atoms with van der Waals surface area (Å²) in [6.45, 7) is 0. The van der Waals surface area contributed by atoms with Gasteiger partial charge in [0.1, 0.15) is 9.84 Å². The van der Waals surface area contributed by atoms with Crippen LogP contribution in [0.5, 0.6) is 0 Å². The molecule has 2 atom stereocenters. The molecule has 0 aromatic heterocycles. The van der Waals surface area contributed by atoms with Crippen molar-refractivity contribution in [2.24, 2.45) is 5.73 Å². The van der Waals surface area contributed by atoms with Crippen molar-refractivity contribution in [2.45, 2.75) is 6.04 Å². The third-order valence-corrected chi connectivity index (χ3v) is 4.87. The van der Waals surface area contributed by atoms with Crippen LogP contribution in [0.1, 0.15) is 11.6 Å². The molecule has 6 heteroatoms. The van der Waals surface area contributed by atoms with Crippen molar-refractivity contribution in [2.75, 3.05) is 23.5 Å². The Morgan fingerprint density at radius 3 is 2.41 bits per heavy atom. The monoisotopic (exact) mass is 275 g/mol. The Morgan fingerprint density at radius 2 is 1.88 bits per heavy atom. The number of hydrogen-bond donors (Lipinski definition) is 1. The molecule has 0 bridgehead atoms. The highest BCUT2D eigenvalue weighted by atomic mass is 32.2. The van der Waals surface area contributed by atoms with Crippen molar-refractivity contribution in [3.8, 4) is 0 Å². The molecule has 0 aliphatic carbocycles. The summed E-state index contributed by atoms with van der Waals surface area (Å²) in [5.74, 6) is 0.389. The van der Waals surface area contributed by atoms with Crippen LogP contribution in [0.3, 0.4) is 0 Å². The average Bonchev–Trinajstić information content (AvgIpc) is 2.27. The summed E-state index contributed by atoms with van der Waals surface area (Å²) >= 11 is 0. The first-order valence-corrected chi connectivity index (χ1v) is 8.76. The average molecular weight is 275 g/mol. The van der Waals surface area contributed by atoms with Gasteiger partial charge in [-0.15, -0.1) is 0 Å². The van der Waals surface area contributed by atoms with Crippen molar-refractivity contribution in [3.63, 3.8) is 0 Å². The summed E-state index contributed by atoms with van der Waals surface area (Å²) in [4.78, 5) is 0. The minimum absolute atomic E-state index is 0.0544. The van der Waals surface area contributed by atoms with Gasteiger partial charge in [0.25, 0.3) is 0 Å². The minimum Gasteiger partial charge on any atom is -0.323 e. The van der Waals surface area contributed by atoms with Crippen molar-refractivity contribution in [1.29, 1.82) is 0 Å². The Labute approximate surface area is 105 Å². The van der Waals surface area contributed by atoms with E-state index >= 15 is 0 Å². The van der Waals surface area contributed by atoms with E-state index in [1.807, 2.05) is 30.3 Å². The predicted molar refractivity (Wildman–Crippen MR) is 71.0 cm³/mol. The van der Waals surface area contributed by atoms with Crippen LogP contribution in [-0.2, 0) is 20.6 Å². The second-order valence-electron chi connectivity index (χ2n) is 3.96. The maximum Gasteiger partial charge on any atom is 0.148 e. The van der Waals surface area contributed by atoms with Gasteiger partial charge in [-0.3, -0.25) is 4.21 Å². The van der Waals surface area contributed by atoms with Crippen LogP contribution in [0.2, 0.25) is 0 Å². The Balaban J connectivity index is 2.47. The van der Waals surface area contributed by atoms with E-state index in [1.165, 1.54) is 0 Å². The zero-order valence-corrected chi connectivity index (χ0v) is 11.3. The molecular formula is C11H17NO3S2. The molecular weight excluding hydrogens is 258 g/mol. The van der Waals surface area contributed by atoms with Crippen LogP contribution in [0.15, 0.2) is 30.3 Å². The largest absolute Gasteiger partial charge is 0.323 e. The Bertz CT molecular complexity index is 471. The second-order valence-corrected chi connectivity index (χ2v) is 7.84. The summed E-state index contributed by atoms with van der Waals surface area (Å²) < 4.78 is 33.5. The molecule has 0 radical (unpaired) electrons. The van der Waals surface area contributed by atoms with Crippen molar-refractivity contribution in [1.82, 2.24) is 0 Å². The van der Waals surface area contributed by atoms with Gasteiger partial charge in [0, 0.05) is 34.6 Å². The maximum absolute atomic E-state index is 11.6. The van der Waals surface area contributed by atoms with Crippen LogP contribution in [0, 0.1) is 0 Å². The molecule has 0 aliphatic rings. The first-order chi connectivity index (χ1) is 7.88. The lowest BCUT2D eigenvalue weighted by molar-refractivity contribution is 0.602. The summed E-state index contributed by atoms with van der Waals surface area (Å²) in [7, 11) is -4.25. The van der Waals surface area contributed by atoms with E-state index in [1.54, 1.807) is 0 Å². The van der Waals surface area contributed by atoms with Gasteiger partial charge < -0.3 is 5.73 Å². The maximum atomic E-state index is 11.6. The molecule has 1 aromatic carbocycles. The third-order valence-electron chi connectivity index (χ3n) is 2.27. The van der Waals surface area contributed by atoms with Crippen LogP contribution in [0.25, 0.3) is 0 Å². The van der Waals surface area contributed by atoms with E-state index in [-0.39, 0.29) is 17.5 Å². The number of benzene rings is 1. The van der Waals surface area contributed by atoms with Crippen LogP contribution < -0.4 is 5.73 Å². The zero-order valence-electron chi connectivity index (χ0n) is 9.70. The summed E-state index contributed by atoms with van der Waals surface area (Å²) in [5.41, 5.74) is 6.81. The topological polar surface area (TPSA) is 77.2 Å². The van der Waals surface area contributed by atoms with Gasteiger partial charge in [-0.25, -0.2) is 8.42 Å². The quantitative estimate of drug-likeness (QED) is 0.819. The fraction of sp³-hybridized carbons (Fsp3) is 0.455. The molecule has 0 saturated heterocycles. The number of sulfone groups is 1. The number of rotatable bonds is 6. The molecule has 2 unspecified atom stereocenters. The predicted octanol–water partition coefficient (Wildman–Crippen LogP) is 0.480. The van der Waals surface area contributed by atoms with E-state index in [0.717, 1.165) is 11.8 Å². The minimum atomic E-state index is -3.05. The van der Waals surface area contributed by atoms with E-state index in [2.05, 4.69) is 0 Å². The molecule has 1 rings (SSSR count). The van der Waals surface area contributed by atoms with E-state index < -0.39 is 20.6 Å². The van der Waals surface area contributed by atoms with Gasteiger partial charge in [0.15, 0.2) is 0 Å². The van der Waals surface area contributed by atoms with Crippen LogP contribution in [0.4, 0.5) is 0 Å². The molecule has 0 heterocycles. The van der Waals surface area contributed by atoms with Crippen LogP contribution in [-0.4, -0.2) is 36.1 Å². The van der Waals surface area contributed by atoms with Crippen molar-refractivity contribution >= 4 is 20.6 Å². The first kappa shape index (κ1) is 14.3. The number of nitrogens with two attached hydrogens (primary N) is 1. The standard InChI is InChI=1S/C11H17NO3S2/c1-17(14,15)8-7-16(13)9-11(12)10-5-3-2-4-6-10/h2-6,11H,7-9,12H2,1H3. The highest BCUT2D eigenvalue weighted by Gasteiger charge is 2.12. The first-order valence-electron chi connectivity index (χ1n) is 5.22. The molecule has 0 spiro atoms. The van der Waals surface area contributed by atoms with Crippen molar-refractivity contribution in [3.05, 3.63) is 35.9 Å². The van der Waals surface area contributed by atoms with Gasteiger partial charge >= 0.3 is 0 Å². The van der Waals surface area contributed by atoms with Gasteiger partial charge in [-0.2, -0.15) is 0 Å². The summed E-state index contributed by atoms with van der Waals surface area (Å²) in [6, 6.07) is 9.06. The molecule has 17 heavy (non-hydrogen) atoms. The lowest BCUT2D eigenvalue weighted by Gasteiger charge is -2.11. The lowest BCUT2D eigenvalue weighted by atomic mass is 10.1. The highest BCUT2D eigenvalue weighted by molar-refractivity contribution is 7.92. The van der Waals surface area contributed by atoms with E-state index in [0.29, 0.717) is 5.75 Å². The smallest absolute Gasteiger partial charge is 0.148 e. The second kappa shape index (κ2) is 6.28. The Kier molecular flexibility index (Phi) is 5.30. The zero-order chi connectivity index (χ0) is 12.9. The summed E-state index contributed by atoms with van der Waals surface area (Å²) in [6.07, 6.45) is 1.14. The van der Waals surface area contributed by atoms with Crippen LogP contribution >= 0.6 is 0 Å². The molecule has 1 aromatic rings. The molecule has 0 aliphatic heterocycles. The Morgan fingerprint density at radius 1 is 1.29 bits per heavy atom. The third kappa shape index (κ3) is 5.95. The SMILES string of the molecule is CS(=O)(=O)CCS(=O)CC(N)c1ccccc1. The molecule has 0 saturated carbocycles. The summed E-state index contributed by atoms with van der Waals surface area (Å²) in [5, 5.41) is 0. The molecule has 4 nitrogen and oxygen atoms in total. The fourth-order valence-electron chi connectivity index (χ4n) is 1.32. The molecule has 2 N–H and O–H groups in total. The highest BCUT2D eigenvalue weighted by Crippen LogP contribution is 2.10. The van der Waals surface area contributed by atoms with Crippen molar-refractivity contribution < 1.29 is 12.6 Å². The van der Waals surface area contributed by atoms with Gasteiger partial charge in [-0.1, -0.05) is 30.3 Å². The molecule has 96 valence electrons.